The minimum atomic E-state index is 0.263. The van der Waals surface area contributed by atoms with Crippen molar-refractivity contribution in [3.63, 3.8) is 0 Å². The normalized spacial score (nSPS) is 11.3. The minimum absolute atomic E-state index is 0.263. The standard InChI is InChI=1S/C23H49NO/c1-2-3-4-5-6-7-8-9-10-11-12-13-14-15-16-17-18-19-20-21-24-22-23-25/h24-25H,2-23H2,1H3. The van der Waals surface area contributed by atoms with E-state index in [-0.39, 0.29) is 6.61 Å². The van der Waals surface area contributed by atoms with Gasteiger partial charge >= 0.3 is 0 Å². The number of aliphatic hydroxyl groups is 1. The van der Waals surface area contributed by atoms with Gasteiger partial charge in [0, 0.05) is 6.54 Å². The Hall–Kier alpha value is -0.0800. The van der Waals surface area contributed by atoms with E-state index in [1.165, 1.54) is 122 Å². The van der Waals surface area contributed by atoms with Crippen LogP contribution in [0.4, 0.5) is 0 Å². The van der Waals surface area contributed by atoms with Crippen LogP contribution in [0.1, 0.15) is 129 Å². The Morgan fingerprint density at radius 1 is 0.440 bits per heavy atom. The Morgan fingerprint density at radius 2 is 0.760 bits per heavy atom. The van der Waals surface area contributed by atoms with Gasteiger partial charge in [0.2, 0.25) is 0 Å². The molecule has 0 saturated heterocycles. The molecule has 0 unspecified atom stereocenters. The Kier molecular flexibility index (Phi) is 23.8. The molecule has 0 spiro atoms. The lowest BCUT2D eigenvalue weighted by Gasteiger charge is -2.04. The van der Waals surface area contributed by atoms with E-state index in [9.17, 15) is 0 Å². The molecule has 2 N–H and O–H groups in total. The molecule has 0 amide bonds. The molecule has 0 saturated carbocycles. The second-order valence-electron chi connectivity index (χ2n) is 7.84. The molecule has 0 atom stereocenters. The van der Waals surface area contributed by atoms with Gasteiger partial charge in [0.15, 0.2) is 0 Å². The van der Waals surface area contributed by atoms with Crippen molar-refractivity contribution in [1.82, 2.24) is 5.32 Å². The van der Waals surface area contributed by atoms with Crippen LogP contribution >= 0.6 is 0 Å². The summed E-state index contributed by atoms with van der Waals surface area (Å²) in [6.07, 6.45) is 27.2. The molecular formula is C23H49NO. The van der Waals surface area contributed by atoms with E-state index in [4.69, 9.17) is 5.11 Å². The van der Waals surface area contributed by atoms with Crippen LogP contribution < -0.4 is 5.32 Å². The molecule has 2 nitrogen and oxygen atoms in total. The van der Waals surface area contributed by atoms with Gasteiger partial charge in [-0.1, -0.05) is 122 Å². The minimum Gasteiger partial charge on any atom is -0.395 e. The van der Waals surface area contributed by atoms with Crippen molar-refractivity contribution < 1.29 is 5.11 Å². The number of hydrogen-bond donors (Lipinski definition) is 2. The van der Waals surface area contributed by atoms with Gasteiger partial charge in [-0.15, -0.1) is 0 Å². The first-order chi connectivity index (χ1) is 12.4. The van der Waals surface area contributed by atoms with Gasteiger partial charge in [-0.05, 0) is 13.0 Å². The molecule has 0 aromatic heterocycles. The molecule has 0 aromatic carbocycles. The Balaban J connectivity index is 2.94. The molecule has 0 rings (SSSR count). The monoisotopic (exact) mass is 355 g/mol. The van der Waals surface area contributed by atoms with Gasteiger partial charge < -0.3 is 10.4 Å². The summed E-state index contributed by atoms with van der Waals surface area (Å²) in [7, 11) is 0. The van der Waals surface area contributed by atoms with Crippen molar-refractivity contribution in [2.24, 2.45) is 0 Å². The highest BCUT2D eigenvalue weighted by Crippen LogP contribution is 2.14. The van der Waals surface area contributed by atoms with Crippen LogP contribution in [0.2, 0.25) is 0 Å². The van der Waals surface area contributed by atoms with Crippen molar-refractivity contribution in [3.8, 4) is 0 Å². The van der Waals surface area contributed by atoms with Crippen LogP contribution in [0.5, 0.6) is 0 Å². The second kappa shape index (κ2) is 23.9. The highest BCUT2D eigenvalue weighted by atomic mass is 16.3. The van der Waals surface area contributed by atoms with E-state index in [1.54, 1.807) is 0 Å². The summed E-state index contributed by atoms with van der Waals surface area (Å²) in [6, 6.07) is 0. The van der Waals surface area contributed by atoms with Gasteiger partial charge in [-0.2, -0.15) is 0 Å². The van der Waals surface area contributed by atoms with Crippen LogP contribution in [0.15, 0.2) is 0 Å². The summed E-state index contributed by atoms with van der Waals surface area (Å²) in [4.78, 5) is 0. The maximum atomic E-state index is 8.66. The molecule has 2 heteroatoms. The van der Waals surface area contributed by atoms with Gasteiger partial charge in [0.1, 0.15) is 0 Å². The molecule has 0 aliphatic carbocycles. The predicted octanol–water partition coefficient (Wildman–Crippen LogP) is 7.00. The van der Waals surface area contributed by atoms with Crippen molar-refractivity contribution >= 4 is 0 Å². The van der Waals surface area contributed by atoms with E-state index in [0.29, 0.717) is 0 Å². The average molecular weight is 356 g/mol. The predicted molar refractivity (Wildman–Crippen MR) is 113 cm³/mol. The fraction of sp³-hybridized carbons (Fsp3) is 1.00. The fourth-order valence-electron chi connectivity index (χ4n) is 3.53. The van der Waals surface area contributed by atoms with Crippen LogP contribution in [0.25, 0.3) is 0 Å². The topological polar surface area (TPSA) is 32.3 Å². The first kappa shape index (κ1) is 24.9. The highest BCUT2D eigenvalue weighted by Gasteiger charge is 1.95. The third-order valence-electron chi connectivity index (χ3n) is 5.25. The van der Waals surface area contributed by atoms with E-state index < -0.39 is 0 Å². The molecule has 0 heterocycles. The highest BCUT2D eigenvalue weighted by molar-refractivity contribution is 4.51. The maximum Gasteiger partial charge on any atom is 0.0555 e. The van der Waals surface area contributed by atoms with Crippen LogP contribution in [0.3, 0.4) is 0 Å². The smallest absolute Gasteiger partial charge is 0.0555 e. The Morgan fingerprint density at radius 3 is 1.08 bits per heavy atom. The second-order valence-corrected chi connectivity index (χ2v) is 7.84. The van der Waals surface area contributed by atoms with Crippen molar-refractivity contribution in [2.75, 3.05) is 19.7 Å². The molecular weight excluding hydrogens is 306 g/mol. The Labute approximate surface area is 159 Å². The van der Waals surface area contributed by atoms with Crippen LogP contribution in [-0.2, 0) is 0 Å². The van der Waals surface area contributed by atoms with E-state index in [2.05, 4.69) is 12.2 Å². The quantitative estimate of drug-likeness (QED) is 0.205. The summed E-state index contributed by atoms with van der Waals surface area (Å²) in [5, 5.41) is 11.9. The fourth-order valence-corrected chi connectivity index (χ4v) is 3.53. The van der Waals surface area contributed by atoms with Crippen molar-refractivity contribution in [2.45, 2.75) is 129 Å². The molecule has 25 heavy (non-hydrogen) atoms. The zero-order valence-corrected chi connectivity index (χ0v) is 17.5. The summed E-state index contributed by atoms with van der Waals surface area (Å²) in [5.41, 5.74) is 0. The molecule has 0 aromatic rings. The van der Waals surface area contributed by atoms with Crippen LogP contribution in [0, 0.1) is 0 Å². The summed E-state index contributed by atoms with van der Waals surface area (Å²) in [6.45, 7) is 4.37. The van der Waals surface area contributed by atoms with E-state index in [1.807, 2.05) is 0 Å². The molecule has 0 radical (unpaired) electrons. The first-order valence-electron chi connectivity index (χ1n) is 11.7. The number of hydrogen-bond acceptors (Lipinski definition) is 2. The lowest BCUT2D eigenvalue weighted by molar-refractivity contribution is 0.292. The molecule has 0 aliphatic rings. The zero-order chi connectivity index (χ0) is 18.3. The molecule has 152 valence electrons. The van der Waals surface area contributed by atoms with E-state index in [0.717, 1.165) is 13.1 Å². The van der Waals surface area contributed by atoms with Gasteiger partial charge in [0.05, 0.1) is 6.61 Å². The summed E-state index contributed by atoms with van der Waals surface area (Å²) < 4.78 is 0. The number of nitrogens with one attached hydrogen (secondary N) is 1. The van der Waals surface area contributed by atoms with Crippen LogP contribution in [-0.4, -0.2) is 24.8 Å². The maximum absolute atomic E-state index is 8.66. The van der Waals surface area contributed by atoms with Crippen molar-refractivity contribution in [1.29, 1.82) is 0 Å². The van der Waals surface area contributed by atoms with Crippen molar-refractivity contribution in [3.05, 3.63) is 0 Å². The molecule has 0 fully saturated rings. The lowest BCUT2D eigenvalue weighted by Crippen LogP contribution is -2.19. The lowest BCUT2D eigenvalue weighted by atomic mass is 10.0. The third kappa shape index (κ3) is 23.9. The van der Waals surface area contributed by atoms with Gasteiger partial charge in [-0.3, -0.25) is 0 Å². The largest absolute Gasteiger partial charge is 0.395 e. The molecule has 0 aliphatic heterocycles. The third-order valence-corrected chi connectivity index (χ3v) is 5.25. The number of aliphatic hydroxyl groups excluding tert-OH is 1. The Bertz CT molecular complexity index is 198. The van der Waals surface area contributed by atoms with Gasteiger partial charge in [-0.25, -0.2) is 0 Å². The van der Waals surface area contributed by atoms with Gasteiger partial charge in [0.25, 0.3) is 0 Å². The van der Waals surface area contributed by atoms with E-state index >= 15 is 0 Å². The number of unbranched alkanes of at least 4 members (excludes halogenated alkanes) is 18. The SMILES string of the molecule is CCCCCCCCCCCCCCCCCCCCCNCCO. The first-order valence-corrected chi connectivity index (χ1v) is 11.7. The molecule has 0 bridgehead atoms. The zero-order valence-electron chi connectivity index (χ0n) is 17.5. The number of rotatable bonds is 22. The summed E-state index contributed by atoms with van der Waals surface area (Å²) >= 11 is 0. The summed E-state index contributed by atoms with van der Waals surface area (Å²) in [5.74, 6) is 0. The average Bonchev–Trinajstić information content (AvgIpc) is 2.63.